The zero-order valence-corrected chi connectivity index (χ0v) is 14.6. The lowest BCUT2D eigenvalue weighted by Crippen LogP contribution is -2.64. The number of aliphatic carboxylic acids is 1. The van der Waals surface area contributed by atoms with Gasteiger partial charge in [-0.15, -0.1) is 0 Å². The molecule has 3 fully saturated rings. The number of piperidine rings is 1. The lowest BCUT2D eigenvalue weighted by atomic mass is 9.80. The predicted octanol–water partition coefficient (Wildman–Crippen LogP) is 3.01. The second kappa shape index (κ2) is 7.52. The summed E-state index contributed by atoms with van der Waals surface area (Å²) in [6, 6.07) is 0.191. The van der Waals surface area contributed by atoms with Crippen LogP contribution in [0.5, 0.6) is 0 Å². The van der Waals surface area contributed by atoms with E-state index in [0.29, 0.717) is 6.42 Å². The van der Waals surface area contributed by atoms with Gasteiger partial charge in [0.15, 0.2) is 0 Å². The van der Waals surface area contributed by atoms with E-state index in [1.54, 1.807) is 0 Å². The van der Waals surface area contributed by atoms with Gasteiger partial charge in [-0.2, -0.15) is 0 Å². The lowest BCUT2D eigenvalue weighted by Gasteiger charge is -2.51. The van der Waals surface area contributed by atoms with Gasteiger partial charge in [-0.25, -0.2) is 0 Å². The Morgan fingerprint density at radius 1 is 0.913 bits per heavy atom. The molecule has 0 aromatic rings. The molecule has 0 bridgehead atoms. The molecular formula is C19H35N2O2+. The molecule has 0 aromatic carbocycles. The van der Waals surface area contributed by atoms with Gasteiger partial charge >= 0.3 is 5.97 Å². The van der Waals surface area contributed by atoms with E-state index in [0.717, 1.165) is 35.8 Å². The highest BCUT2D eigenvalue weighted by Crippen LogP contribution is 2.36. The minimum atomic E-state index is -0.650. The summed E-state index contributed by atoms with van der Waals surface area (Å²) in [6.45, 7) is 4.68. The third-order valence-corrected chi connectivity index (χ3v) is 6.61. The van der Waals surface area contributed by atoms with E-state index in [1.165, 1.54) is 64.5 Å². The van der Waals surface area contributed by atoms with E-state index in [1.807, 2.05) is 0 Å². The summed E-state index contributed by atoms with van der Waals surface area (Å²) in [4.78, 5) is 11.2. The van der Waals surface area contributed by atoms with E-state index in [-0.39, 0.29) is 12.0 Å². The minimum Gasteiger partial charge on any atom is -0.481 e. The Labute approximate surface area is 141 Å². The van der Waals surface area contributed by atoms with Crippen LogP contribution in [0.15, 0.2) is 0 Å². The zero-order chi connectivity index (χ0) is 16.3. The molecule has 3 rings (SSSR count). The molecule has 2 aliphatic carbocycles. The maximum Gasteiger partial charge on any atom is 0.303 e. The Morgan fingerprint density at radius 2 is 1.52 bits per heavy atom. The Morgan fingerprint density at radius 3 is 2.04 bits per heavy atom. The maximum absolute atomic E-state index is 11.2. The summed E-state index contributed by atoms with van der Waals surface area (Å²) in [5.41, 5.74) is 6.41. The minimum absolute atomic E-state index is 0.191. The van der Waals surface area contributed by atoms with Crippen LogP contribution in [0.25, 0.3) is 0 Å². The Bertz CT molecular complexity index is 404. The third-order valence-electron chi connectivity index (χ3n) is 6.61. The van der Waals surface area contributed by atoms with Crippen LogP contribution in [0.1, 0.15) is 64.2 Å². The molecule has 3 aliphatic rings. The largest absolute Gasteiger partial charge is 0.481 e. The Kier molecular flexibility index (Phi) is 5.63. The highest BCUT2D eigenvalue weighted by atomic mass is 16.4. The first kappa shape index (κ1) is 17.2. The molecule has 1 heterocycles. The van der Waals surface area contributed by atoms with Gasteiger partial charge in [-0.3, -0.25) is 4.79 Å². The summed E-state index contributed by atoms with van der Waals surface area (Å²) in [7, 11) is 0. The molecule has 3 unspecified atom stereocenters. The first-order valence-corrected chi connectivity index (χ1v) is 9.87. The average Bonchev–Trinajstić information content (AvgIpc) is 2.43. The van der Waals surface area contributed by atoms with Crippen molar-refractivity contribution in [2.45, 2.75) is 70.3 Å². The molecule has 0 aromatic heterocycles. The first-order chi connectivity index (χ1) is 11.0. The van der Waals surface area contributed by atoms with E-state index in [4.69, 9.17) is 5.73 Å². The van der Waals surface area contributed by atoms with Gasteiger partial charge in [0.2, 0.25) is 0 Å². The van der Waals surface area contributed by atoms with Gasteiger partial charge in [0, 0.05) is 17.8 Å². The molecule has 3 atom stereocenters. The predicted molar refractivity (Wildman–Crippen MR) is 92.0 cm³/mol. The smallest absolute Gasteiger partial charge is 0.303 e. The first-order valence-electron chi connectivity index (χ1n) is 9.87. The van der Waals surface area contributed by atoms with Crippen molar-refractivity contribution in [2.75, 3.05) is 26.2 Å². The monoisotopic (exact) mass is 323 g/mol. The lowest BCUT2D eigenvalue weighted by molar-refractivity contribution is -0.943. The summed E-state index contributed by atoms with van der Waals surface area (Å²) in [6.07, 6.45) is 12.3. The Hall–Kier alpha value is -0.610. The molecular weight excluding hydrogens is 288 g/mol. The van der Waals surface area contributed by atoms with Crippen LogP contribution in [0, 0.1) is 17.8 Å². The molecule has 2 saturated carbocycles. The van der Waals surface area contributed by atoms with Crippen molar-refractivity contribution in [3.05, 3.63) is 0 Å². The van der Waals surface area contributed by atoms with Crippen LogP contribution in [-0.2, 0) is 4.79 Å². The molecule has 0 radical (unpaired) electrons. The number of carbonyl (C=O) groups is 1. The van der Waals surface area contributed by atoms with Crippen LogP contribution in [0.4, 0.5) is 0 Å². The molecule has 0 amide bonds. The molecule has 1 aliphatic heterocycles. The number of carboxylic acids is 1. The van der Waals surface area contributed by atoms with E-state index < -0.39 is 5.97 Å². The molecule has 0 spiro atoms. The van der Waals surface area contributed by atoms with Crippen LogP contribution < -0.4 is 5.73 Å². The molecule has 3 N–H and O–H groups in total. The summed E-state index contributed by atoms with van der Waals surface area (Å²) >= 11 is 0. The summed E-state index contributed by atoms with van der Waals surface area (Å²) in [5.74, 6) is 1.34. The Balaban J connectivity index is 1.70. The number of hydrogen-bond acceptors (Lipinski definition) is 2. The summed E-state index contributed by atoms with van der Waals surface area (Å²) in [5, 5.41) is 9.24. The van der Waals surface area contributed by atoms with Crippen LogP contribution in [0.2, 0.25) is 0 Å². The highest BCUT2D eigenvalue weighted by Gasteiger charge is 2.43. The second-order valence-electron chi connectivity index (χ2n) is 8.83. The van der Waals surface area contributed by atoms with Gasteiger partial charge in [0.25, 0.3) is 0 Å². The van der Waals surface area contributed by atoms with Gasteiger partial charge < -0.3 is 15.3 Å². The standard InChI is InChI=1S/C19H34N2O2/c20-18-9-17(10-19(22)23)13-21(14-18,12-16-7-4-8-16)11-15-5-2-1-3-6-15/h15-18H,1-14,20H2/p+1. The van der Waals surface area contributed by atoms with E-state index in [9.17, 15) is 9.90 Å². The van der Waals surface area contributed by atoms with Crippen molar-refractivity contribution in [2.24, 2.45) is 23.5 Å². The quantitative estimate of drug-likeness (QED) is 0.739. The molecule has 132 valence electrons. The molecule has 4 heteroatoms. The average molecular weight is 324 g/mol. The molecule has 1 saturated heterocycles. The SMILES string of the molecule is NC1CC(CC(=O)O)C[N+](CC2CCCCC2)(CC2CCC2)C1. The van der Waals surface area contributed by atoms with Gasteiger partial charge in [0.05, 0.1) is 38.6 Å². The number of nitrogens with two attached hydrogens (primary N) is 1. The van der Waals surface area contributed by atoms with Gasteiger partial charge in [-0.05, 0) is 32.1 Å². The number of rotatable bonds is 6. The molecule has 23 heavy (non-hydrogen) atoms. The second-order valence-corrected chi connectivity index (χ2v) is 8.83. The number of nitrogens with zero attached hydrogens (tertiary/aromatic N) is 1. The maximum atomic E-state index is 11.2. The number of carboxylic acid groups (broad SMARTS) is 1. The number of quaternary nitrogens is 1. The molecule has 4 nitrogen and oxygen atoms in total. The topological polar surface area (TPSA) is 63.3 Å². The van der Waals surface area contributed by atoms with Crippen LogP contribution in [0.3, 0.4) is 0 Å². The van der Waals surface area contributed by atoms with Crippen molar-refractivity contribution in [3.8, 4) is 0 Å². The van der Waals surface area contributed by atoms with Crippen LogP contribution in [-0.4, -0.2) is 47.8 Å². The highest BCUT2D eigenvalue weighted by molar-refractivity contribution is 5.67. The van der Waals surface area contributed by atoms with Crippen LogP contribution >= 0.6 is 0 Å². The fourth-order valence-corrected chi connectivity index (χ4v) is 5.60. The number of hydrogen-bond donors (Lipinski definition) is 2. The van der Waals surface area contributed by atoms with Crippen molar-refractivity contribution in [1.29, 1.82) is 0 Å². The fraction of sp³-hybridized carbons (Fsp3) is 0.947. The van der Waals surface area contributed by atoms with Gasteiger partial charge in [-0.1, -0.05) is 25.7 Å². The van der Waals surface area contributed by atoms with Crippen molar-refractivity contribution >= 4 is 5.97 Å². The van der Waals surface area contributed by atoms with Crippen molar-refractivity contribution in [1.82, 2.24) is 0 Å². The van der Waals surface area contributed by atoms with E-state index >= 15 is 0 Å². The van der Waals surface area contributed by atoms with E-state index in [2.05, 4.69) is 0 Å². The normalized spacial score (nSPS) is 36.6. The summed E-state index contributed by atoms with van der Waals surface area (Å²) < 4.78 is 1.13. The fourth-order valence-electron chi connectivity index (χ4n) is 5.60. The third kappa shape index (κ3) is 4.69. The van der Waals surface area contributed by atoms with Gasteiger partial charge in [0.1, 0.15) is 0 Å². The zero-order valence-electron chi connectivity index (χ0n) is 14.6. The van der Waals surface area contributed by atoms with Crippen molar-refractivity contribution < 1.29 is 14.4 Å². The number of likely N-dealkylation sites (tertiary alicyclic amines) is 1. The van der Waals surface area contributed by atoms with Crippen molar-refractivity contribution in [3.63, 3.8) is 0 Å².